The molecule has 0 radical (unpaired) electrons. The van der Waals surface area contributed by atoms with Gasteiger partial charge in [-0.1, -0.05) is 31.5 Å². The lowest BCUT2D eigenvalue weighted by atomic mass is 10.2. The number of hydrazone groups is 1. The molecule has 0 aliphatic carbocycles. The van der Waals surface area contributed by atoms with Crippen LogP contribution in [0.2, 0.25) is 5.02 Å². The van der Waals surface area contributed by atoms with E-state index < -0.39 is 10.0 Å². The lowest BCUT2D eigenvalue weighted by molar-refractivity contribution is 0.410. The minimum absolute atomic E-state index is 0.271. The number of anilines is 1. The molecule has 0 atom stereocenters. The summed E-state index contributed by atoms with van der Waals surface area (Å²) in [6, 6.07) is 10.6. The molecule has 0 spiro atoms. The first-order valence-electron chi connectivity index (χ1n) is 10.7. The van der Waals surface area contributed by atoms with Crippen molar-refractivity contribution in [1.82, 2.24) is 14.7 Å². The lowest BCUT2D eigenvalue weighted by Crippen LogP contribution is -2.32. The number of hydrogen-bond donors (Lipinski definition) is 3. The van der Waals surface area contributed by atoms with Gasteiger partial charge in [0, 0.05) is 46.5 Å². The van der Waals surface area contributed by atoms with E-state index in [1.54, 1.807) is 30.6 Å². The van der Waals surface area contributed by atoms with Crippen molar-refractivity contribution >= 4 is 61.8 Å². The number of benzene rings is 2. The van der Waals surface area contributed by atoms with Gasteiger partial charge in [-0.25, -0.2) is 8.42 Å². The van der Waals surface area contributed by atoms with Crippen molar-refractivity contribution in [1.29, 1.82) is 0 Å². The summed E-state index contributed by atoms with van der Waals surface area (Å²) in [6.07, 6.45) is 4.90. The number of nitrogens with one attached hydrogen (secondary N) is 3. The maximum Gasteiger partial charge on any atom is 0.243 e. The fourth-order valence-corrected chi connectivity index (χ4v) is 5.43. The molecule has 1 heterocycles. The van der Waals surface area contributed by atoms with Gasteiger partial charge in [-0.05, 0) is 67.9 Å². The first kappa shape index (κ1) is 25.2. The van der Waals surface area contributed by atoms with Gasteiger partial charge in [-0.2, -0.15) is 9.41 Å². The topological polar surface area (TPSA) is 89.6 Å². The highest BCUT2D eigenvalue weighted by Crippen LogP contribution is 2.25. The van der Waals surface area contributed by atoms with Gasteiger partial charge < -0.3 is 10.3 Å². The van der Waals surface area contributed by atoms with Crippen LogP contribution in [0.15, 0.2) is 52.6 Å². The van der Waals surface area contributed by atoms with Crippen LogP contribution in [0, 0.1) is 6.92 Å². The molecule has 0 unspecified atom stereocenters. The molecule has 0 saturated carbocycles. The van der Waals surface area contributed by atoms with Gasteiger partial charge in [0.1, 0.15) is 0 Å². The van der Waals surface area contributed by atoms with Crippen LogP contribution in [0.5, 0.6) is 0 Å². The first-order valence-corrected chi connectivity index (χ1v) is 13.0. The highest BCUT2D eigenvalue weighted by Gasteiger charge is 2.23. The molecule has 3 rings (SSSR count). The van der Waals surface area contributed by atoms with E-state index in [1.165, 1.54) is 4.31 Å². The van der Waals surface area contributed by atoms with E-state index in [1.807, 2.05) is 39.0 Å². The maximum atomic E-state index is 13.2. The van der Waals surface area contributed by atoms with Crippen LogP contribution in [0.1, 0.15) is 37.8 Å². The molecule has 7 nitrogen and oxygen atoms in total. The minimum Gasteiger partial charge on any atom is -0.361 e. The number of aromatic amines is 1. The Hall–Kier alpha value is -2.46. The number of sulfonamides is 1. The number of rotatable bonds is 9. The van der Waals surface area contributed by atoms with Gasteiger partial charge in [0.15, 0.2) is 5.11 Å². The number of H-pyrrole nitrogens is 1. The molecule has 0 aliphatic rings. The van der Waals surface area contributed by atoms with Crippen LogP contribution in [-0.4, -0.2) is 42.1 Å². The van der Waals surface area contributed by atoms with Crippen molar-refractivity contribution in [3.63, 3.8) is 0 Å². The van der Waals surface area contributed by atoms with Gasteiger partial charge in [0.2, 0.25) is 10.0 Å². The quantitative estimate of drug-likeness (QED) is 0.209. The smallest absolute Gasteiger partial charge is 0.243 e. The van der Waals surface area contributed by atoms with Crippen molar-refractivity contribution in [3.8, 4) is 0 Å². The lowest BCUT2D eigenvalue weighted by Gasteiger charge is -2.21. The van der Waals surface area contributed by atoms with Gasteiger partial charge in [-0.15, -0.1) is 0 Å². The zero-order valence-corrected chi connectivity index (χ0v) is 21.2. The Labute approximate surface area is 205 Å². The Kier molecular flexibility index (Phi) is 8.47. The van der Waals surface area contributed by atoms with E-state index in [9.17, 15) is 8.42 Å². The summed E-state index contributed by atoms with van der Waals surface area (Å²) < 4.78 is 27.8. The number of hydrogen-bond acceptors (Lipinski definition) is 4. The van der Waals surface area contributed by atoms with Gasteiger partial charge in [0.25, 0.3) is 0 Å². The van der Waals surface area contributed by atoms with E-state index in [0.29, 0.717) is 23.2 Å². The summed E-state index contributed by atoms with van der Waals surface area (Å²) in [4.78, 5) is 3.42. The second-order valence-electron chi connectivity index (χ2n) is 7.59. The maximum absolute atomic E-state index is 13.2. The summed E-state index contributed by atoms with van der Waals surface area (Å²) in [5.41, 5.74) is 6.03. The first-order chi connectivity index (χ1) is 15.8. The van der Waals surface area contributed by atoms with E-state index >= 15 is 0 Å². The highest BCUT2D eigenvalue weighted by molar-refractivity contribution is 7.89. The Bertz CT molecular complexity index is 1270. The van der Waals surface area contributed by atoms with Crippen molar-refractivity contribution in [2.45, 2.75) is 38.5 Å². The number of halogens is 1. The molecule has 176 valence electrons. The molecule has 0 fully saturated rings. The van der Waals surface area contributed by atoms with Crippen molar-refractivity contribution < 1.29 is 8.42 Å². The number of aromatic nitrogens is 1. The number of nitrogens with zero attached hydrogens (tertiary/aromatic N) is 2. The predicted molar refractivity (Wildman–Crippen MR) is 141 cm³/mol. The van der Waals surface area contributed by atoms with Crippen molar-refractivity contribution in [2.75, 3.05) is 18.4 Å². The van der Waals surface area contributed by atoms with Gasteiger partial charge in [-0.3, -0.25) is 5.43 Å². The Morgan fingerprint density at radius 1 is 1.21 bits per heavy atom. The molecule has 0 saturated heterocycles. The normalized spacial score (nSPS) is 12.0. The second-order valence-corrected chi connectivity index (χ2v) is 10.3. The minimum atomic E-state index is -3.57. The molecule has 1 aromatic heterocycles. The fraction of sp³-hybridized carbons (Fsp3) is 0.304. The largest absolute Gasteiger partial charge is 0.361 e. The Balaban J connectivity index is 1.78. The zero-order chi connectivity index (χ0) is 24.0. The second kappa shape index (κ2) is 11.1. The molecule has 2 aromatic carbocycles. The molecule has 0 bridgehead atoms. The number of thiocarbonyl (C=S) groups is 1. The molecule has 3 aromatic rings. The highest BCUT2D eigenvalue weighted by atomic mass is 35.5. The third-order valence-electron chi connectivity index (χ3n) is 5.15. The van der Waals surface area contributed by atoms with Crippen LogP contribution >= 0.6 is 23.8 Å². The Morgan fingerprint density at radius 3 is 2.64 bits per heavy atom. The van der Waals surface area contributed by atoms with E-state index in [0.717, 1.165) is 40.6 Å². The van der Waals surface area contributed by atoms with Crippen molar-refractivity contribution in [2.24, 2.45) is 5.10 Å². The zero-order valence-electron chi connectivity index (χ0n) is 18.9. The van der Waals surface area contributed by atoms with E-state index in [2.05, 4.69) is 20.8 Å². The monoisotopic (exact) mass is 505 g/mol. The van der Waals surface area contributed by atoms with Crippen molar-refractivity contribution in [3.05, 3.63) is 58.7 Å². The predicted octanol–water partition coefficient (Wildman–Crippen LogP) is 5.26. The van der Waals surface area contributed by atoms with Crippen LogP contribution in [0.25, 0.3) is 10.9 Å². The SMILES string of the molecule is CCCN(CCC)S(=O)(=O)c1ccc2[nH]cc(/C=N/NC(=S)Nc3cccc(Cl)c3C)c2c1. The van der Waals surface area contributed by atoms with E-state index in [-0.39, 0.29) is 4.90 Å². The molecular formula is C23H28ClN5O2S2. The average molecular weight is 506 g/mol. The van der Waals surface area contributed by atoms with Crippen LogP contribution in [-0.2, 0) is 10.0 Å². The molecule has 33 heavy (non-hydrogen) atoms. The molecular weight excluding hydrogens is 478 g/mol. The molecule has 10 heteroatoms. The van der Waals surface area contributed by atoms with Gasteiger partial charge >= 0.3 is 0 Å². The van der Waals surface area contributed by atoms with Crippen LogP contribution < -0.4 is 10.7 Å². The summed E-state index contributed by atoms with van der Waals surface area (Å²) in [5, 5.41) is 8.99. The van der Waals surface area contributed by atoms with Gasteiger partial charge in [0.05, 0.1) is 11.1 Å². The third kappa shape index (κ3) is 5.92. The average Bonchev–Trinajstić information content (AvgIpc) is 3.19. The summed E-state index contributed by atoms with van der Waals surface area (Å²) >= 11 is 11.4. The van der Waals surface area contributed by atoms with Crippen LogP contribution in [0.3, 0.4) is 0 Å². The summed E-state index contributed by atoms with van der Waals surface area (Å²) in [5.74, 6) is 0. The summed E-state index contributed by atoms with van der Waals surface area (Å²) in [7, 11) is -3.57. The van der Waals surface area contributed by atoms with Crippen LogP contribution in [0.4, 0.5) is 5.69 Å². The molecule has 0 amide bonds. The van der Waals surface area contributed by atoms with E-state index in [4.69, 9.17) is 23.8 Å². The number of fused-ring (bicyclic) bond motifs is 1. The standard InChI is InChI=1S/C23H28ClN5O2S2/c1-4-11-29(12-5-2)33(30,31)18-9-10-22-19(13-18)17(14-25-22)15-26-28-23(32)27-21-8-6-7-20(24)16(21)3/h6-10,13-15,25H,4-5,11-12H2,1-3H3,(H2,27,28,32)/b26-15+. The molecule has 3 N–H and O–H groups in total. The fourth-order valence-electron chi connectivity index (χ4n) is 3.44. The third-order valence-corrected chi connectivity index (χ3v) is 7.65. The Morgan fingerprint density at radius 2 is 1.94 bits per heavy atom. The summed E-state index contributed by atoms with van der Waals surface area (Å²) in [6.45, 7) is 6.84. The molecule has 0 aliphatic heterocycles.